The van der Waals surface area contributed by atoms with Gasteiger partial charge in [-0.2, -0.15) is 28.4 Å². The van der Waals surface area contributed by atoms with Crippen molar-refractivity contribution < 1.29 is 22.6 Å². The number of ether oxygens (including phenoxy) is 2. The zero-order valence-electron chi connectivity index (χ0n) is 17.6. The molecule has 0 bridgehead atoms. The molecule has 14 heteroatoms. The minimum atomic E-state index is -4.66. The molecule has 4 heterocycles. The Morgan fingerprint density at radius 1 is 1.27 bits per heavy atom. The number of guanidine groups is 1. The molecular formula is C19H20F3N9O2. The zero-order chi connectivity index (χ0) is 23.4. The fourth-order valence-electron chi connectivity index (χ4n) is 3.15. The van der Waals surface area contributed by atoms with Crippen molar-refractivity contribution in [1.82, 2.24) is 34.8 Å². The number of hydrogen-bond donors (Lipinski definition) is 1. The number of H-pyrrole nitrogens is 1. The average Bonchev–Trinajstić information content (AvgIpc) is 3.45. The Hall–Kier alpha value is -3.81. The number of methoxy groups -OCH3 is 1. The predicted octanol–water partition coefficient (Wildman–Crippen LogP) is 2.16. The minimum absolute atomic E-state index is 0.0631. The lowest BCUT2D eigenvalue weighted by atomic mass is 10.3. The lowest BCUT2D eigenvalue weighted by molar-refractivity contribution is -0.137. The minimum Gasteiger partial charge on any atom is -0.481 e. The van der Waals surface area contributed by atoms with Gasteiger partial charge in [0.2, 0.25) is 11.8 Å². The van der Waals surface area contributed by atoms with E-state index in [4.69, 9.17) is 9.47 Å². The van der Waals surface area contributed by atoms with Crippen molar-refractivity contribution in [3.05, 3.63) is 35.9 Å². The van der Waals surface area contributed by atoms with Gasteiger partial charge >= 0.3 is 6.18 Å². The summed E-state index contributed by atoms with van der Waals surface area (Å²) in [5.41, 5.74) is -0.380. The fraction of sp³-hybridized carbons (Fsp3) is 0.368. The van der Waals surface area contributed by atoms with Crippen LogP contribution in [-0.4, -0.2) is 80.9 Å². The number of rotatable bonds is 5. The molecule has 3 aromatic rings. The molecule has 1 N–H and O–H groups in total. The summed E-state index contributed by atoms with van der Waals surface area (Å²) in [4.78, 5) is 18.1. The number of aromatic nitrogens is 6. The van der Waals surface area contributed by atoms with Crippen LogP contribution in [0.3, 0.4) is 0 Å². The second kappa shape index (κ2) is 9.36. The number of pyridine rings is 1. The van der Waals surface area contributed by atoms with E-state index in [0.29, 0.717) is 43.6 Å². The van der Waals surface area contributed by atoms with E-state index in [1.165, 1.54) is 13.3 Å². The molecule has 0 spiro atoms. The first-order chi connectivity index (χ1) is 15.9. The van der Waals surface area contributed by atoms with Crippen LogP contribution in [0.4, 0.5) is 19.0 Å². The molecule has 0 saturated carbocycles. The average molecular weight is 463 g/mol. The molecule has 0 radical (unpaired) electrons. The number of halogens is 3. The zero-order valence-corrected chi connectivity index (χ0v) is 17.6. The monoisotopic (exact) mass is 463 g/mol. The molecule has 0 unspecified atom stereocenters. The van der Waals surface area contributed by atoms with Crippen molar-refractivity contribution in [2.75, 3.05) is 33.4 Å². The van der Waals surface area contributed by atoms with E-state index in [2.05, 4.69) is 42.0 Å². The van der Waals surface area contributed by atoms with Crippen LogP contribution in [0.25, 0.3) is 11.4 Å². The predicted molar refractivity (Wildman–Crippen MR) is 112 cm³/mol. The Bertz CT molecular complexity index is 1130. The molecule has 1 saturated heterocycles. The van der Waals surface area contributed by atoms with Gasteiger partial charge in [0, 0.05) is 30.9 Å². The third-order valence-electron chi connectivity index (χ3n) is 4.79. The molecule has 1 fully saturated rings. The molecule has 11 nitrogen and oxygen atoms in total. The van der Waals surface area contributed by atoms with Crippen molar-refractivity contribution in [2.45, 2.75) is 12.7 Å². The van der Waals surface area contributed by atoms with Gasteiger partial charge in [0.15, 0.2) is 11.6 Å². The van der Waals surface area contributed by atoms with Crippen molar-refractivity contribution >= 4 is 18.5 Å². The van der Waals surface area contributed by atoms with E-state index in [-0.39, 0.29) is 18.3 Å². The molecule has 1 aliphatic rings. The van der Waals surface area contributed by atoms with Crippen LogP contribution in [0.15, 0.2) is 34.5 Å². The number of aliphatic imine (C=N–C) groups is 2. The summed E-state index contributed by atoms with van der Waals surface area (Å²) in [6, 6.07) is 3.37. The van der Waals surface area contributed by atoms with Crippen LogP contribution < -0.4 is 4.74 Å². The third kappa shape index (κ3) is 5.00. The summed E-state index contributed by atoms with van der Waals surface area (Å²) in [6.07, 6.45) is -2.40. The second-order valence-electron chi connectivity index (χ2n) is 6.90. The van der Waals surface area contributed by atoms with Crippen LogP contribution in [-0.2, 0) is 17.5 Å². The van der Waals surface area contributed by atoms with E-state index >= 15 is 0 Å². The quantitative estimate of drug-likeness (QED) is 0.455. The highest BCUT2D eigenvalue weighted by molar-refractivity contribution is 5.86. The van der Waals surface area contributed by atoms with Gasteiger partial charge in [-0.05, 0) is 12.8 Å². The Morgan fingerprint density at radius 3 is 2.70 bits per heavy atom. The SMILES string of the molecule is C=NC(=Nc1c(C(F)(F)F)cnn1Cc1nc(-c2ccc(OC)nc2)n[nH]1)N1CCOCC1. The summed E-state index contributed by atoms with van der Waals surface area (Å²) in [5, 5.41) is 10.7. The maximum absolute atomic E-state index is 13.6. The third-order valence-corrected chi connectivity index (χ3v) is 4.79. The topological polar surface area (TPSA) is 119 Å². The molecule has 174 valence electrons. The van der Waals surface area contributed by atoms with Gasteiger partial charge in [-0.1, -0.05) is 0 Å². The first-order valence-electron chi connectivity index (χ1n) is 9.82. The van der Waals surface area contributed by atoms with Gasteiger partial charge in [-0.15, -0.1) is 0 Å². The first-order valence-corrected chi connectivity index (χ1v) is 9.82. The molecule has 0 amide bonds. The van der Waals surface area contributed by atoms with Crippen LogP contribution in [0.2, 0.25) is 0 Å². The molecule has 33 heavy (non-hydrogen) atoms. The summed E-state index contributed by atoms with van der Waals surface area (Å²) in [5.74, 6) is 0.706. The van der Waals surface area contributed by atoms with Crippen LogP contribution in [0.5, 0.6) is 5.88 Å². The molecule has 0 atom stereocenters. The summed E-state index contributed by atoms with van der Waals surface area (Å²) in [6.45, 7) is 5.04. The standard InChI is InChI=1S/C19H20F3N9O2/c1-23-18(30-5-7-33-8-6-30)27-17-13(19(20,21)22)10-25-31(17)11-14-26-16(29-28-14)12-3-4-15(32-2)24-9-12/h3-4,9-10H,1,5-8,11H2,2H3,(H,26,28,29). The smallest absolute Gasteiger partial charge is 0.421 e. The summed E-state index contributed by atoms with van der Waals surface area (Å²) in [7, 11) is 1.50. The van der Waals surface area contributed by atoms with E-state index in [9.17, 15) is 13.2 Å². The van der Waals surface area contributed by atoms with Crippen molar-refractivity contribution in [3.8, 4) is 17.3 Å². The van der Waals surface area contributed by atoms with Crippen LogP contribution in [0, 0.1) is 0 Å². The van der Waals surface area contributed by atoms with Gasteiger partial charge in [0.25, 0.3) is 0 Å². The largest absolute Gasteiger partial charge is 0.481 e. The Morgan fingerprint density at radius 2 is 2.06 bits per heavy atom. The molecule has 0 aliphatic carbocycles. The van der Waals surface area contributed by atoms with Crippen molar-refractivity contribution in [1.29, 1.82) is 0 Å². The Labute approximate surface area is 186 Å². The van der Waals surface area contributed by atoms with Gasteiger partial charge in [-0.25, -0.2) is 19.6 Å². The van der Waals surface area contributed by atoms with Crippen molar-refractivity contribution in [2.24, 2.45) is 9.98 Å². The van der Waals surface area contributed by atoms with Gasteiger partial charge < -0.3 is 14.4 Å². The number of hydrogen-bond acceptors (Lipinski definition) is 7. The number of morpholine rings is 1. The maximum Gasteiger partial charge on any atom is 0.421 e. The van der Waals surface area contributed by atoms with Crippen LogP contribution in [0.1, 0.15) is 11.4 Å². The van der Waals surface area contributed by atoms with Gasteiger partial charge in [0.05, 0.1) is 26.5 Å². The number of alkyl halides is 3. The van der Waals surface area contributed by atoms with Crippen LogP contribution >= 0.6 is 0 Å². The highest BCUT2D eigenvalue weighted by Crippen LogP contribution is 2.36. The lowest BCUT2D eigenvalue weighted by Crippen LogP contribution is -2.39. The molecule has 3 aromatic heterocycles. The van der Waals surface area contributed by atoms with Gasteiger partial charge in [0.1, 0.15) is 17.9 Å². The highest BCUT2D eigenvalue weighted by Gasteiger charge is 2.37. The van der Waals surface area contributed by atoms with E-state index < -0.39 is 17.6 Å². The number of nitrogens with one attached hydrogen (secondary N) is 1. The Kier molecular flexibility index (Phi) is 6.35. The lowest BCUT2D eigenvalue weighted by Gasteiger charge is -2.27. The number of nitrogens with zero attached hydrogens (tertiary/aromatic N) is 8. The summed E-state index contributed by atoms with van der Waals surface area (Å²) >= 11 is 0. The fourth-order valence-corrected chi connectivity index (χ4v) is 3.15. The van der Waals surface area contributed by atoms with E-state index in [1.807, 2.05) is 0 Å². The molecule has 0 aromatic carbocycles. The Balaban J connectivity index is 1.64. The first kappa shape index (κ1) is 22.4. The van der Waals surface area contributed by atoms with Crippen molar-refractivity contribution in [3.63, 3.8) is 0 Å². The molecular weight excluding hydrogens is 443 g/mol. The van der Waals surface area contributed by atoms with E-state index in [1.54, 1.807) is 17.0 Å². The summed E-state index contributed by atoms with van der Waals surface area (Å²) < 4.78 is 52.3. The molecule has 1 aliphatic heterocycles. The van der Waals surface area contributed by atoms with E-state index in [0.717, 1.165) is 10.9 Å². The highest BCUT2D eigenvalue weighted by atomic mass is 19.4. The number of aromatic amines is 1. The van der Waals surface area contributed by atoms with Gasteiger partial charge in [-0.3, -0.25) is 5.10 Å². The second-order valence-corrected chi connectivity index (χ2v) is 6.90. The maximum atomic E-state index is 13.6. The normalized spacial score (nSPS) is 15.0. The molecule has 4 rings (SSSR count).